The summed E-state index contributed by atoms with van der Waals surface area (Å²) in [5, 5.41) is 0. The summed E-state index contributed by atoms with van der Waals surface area (Å²) in [6.45, 7) is 0. The second kappa shape index (κ2) is 35.6. The fourth-order valence-corrected chi connectivity index (χ4v) is 0. The fraction of sp³-hybridized carbons (Fsp3) is 0. The fourth-order valence-electron chi connectivity index (χ4n) is 0. The Hall–Kier alpha value is 0.0100. The quantitative estimate of drug-likeness (QED) is 0.335. The van der Waals surface area contributed by atoms with Gasteiger partial charge in [0.2, 0.25) is 4.91 Å². The van der Waals surface area contributed by atoms with E-state index in [0.717, 1.165) is 0 Å². The van der Waals surface area contributed by atoms with Gasteiger partial charge in [-0.15, -0.1) is 0 Å². The first kappa shape index (κ1) is 19.9. The predicted molar refractivity (Wildman–Crippen MR) is 28.3 cm³/mol. The van der Waals surface area contributed by atoms with Gasteiger partial charge >= 0.3 is 0 Å². The number of hydrogen-bond donors (Lipinski definition) is 2. The zero-order valence-corrected chi connectivity index (χ0v) is 4.45. The molecule has 0 spiro atoms. The molecule has 0 fully saturated rings. The van der Waals surface area contributed by atoms with Gasteiger partial charge in [0.1, 0.15) is 11.1 Å². The van der Waals surface area contributed by atoms with Crippen molar-refractivity contribution in [1.29, 1.82) is 11.1 Å². The van der Waals surface area contributed by atoms with Crippen molar-refractivity contribution in [3.63, 3.8) is 0 Å². The molecule has 0 rings (SSSR count). The van der Waals surface area contributed by atoms with Crippen molar-refractivity contribution in [2.45, 2.75) is 0 Å². The van der Waals surface area contributed by atoms with E-state index < -0.39 is 0 Å². The van der Waals surface area contributed by atoms with Gasteiger partial charge in [0, 0.05) is 0 Å². The lowest BCUT2D eigenvalue weighted by Crippen LogP contribution is -1.24. The van der Waals surface area contributed by atoms with Gasteiger partial charge in [0.15, 0.2) is 0 Å². The van der Waals surface area contributed by atoms with Crippen LogP contribution in [0.25, 0.3) is 0 Å². The highest BCUT2D eigenvalue weighted by Crippen LogP contribution is 0.841. The molecule has 5 heavy (non-hydrogen) atoms. The standard InChI is InChI=1S/H2N3.2H2S/c1-3-2;;/h1-2H;2*1H2/q+1;;. The van der Waals surface area contributed by atoms with Crippen LogP contribution >= 0.6 is 27.0 Å². The number of hydrogen-bond acceptors (Lipinski definition) is 2. The maximum Gasteiger partial charge on any atom is 0.211 e. The Morgan fingerprint density at radius 3 is 1.00 bits per heavy atom. The minimum Gasteiger partial charge on any atom is -0.197 e. The summed E-state index contributed by atoms with van der Waals surface area (Å²) in [4.78, 5) is 2.00. The molecule has 2 N–H and O–H groups in total. The summed E-state index contributed by atoms with van der Waals surface area (Å²) >= 11 is 0. The highest BCUT2D eigenvalue weighted by molar-refractivity contribution is 7.59. The van der Waals surface area contributed by atoms with Gasteiger partial charge in [0.05, 0.1) is 0 Å². The second-order valence-corrected chi connectivity index (χ2v) is 0.112. The van der Waals surface area contributed by atoms with Crippen LogP contribution in [-0.2, 0) is 0 Å². The molecular weight excluding hydrogens is 106 g/mol. The first-order chi connectivity index (χ1) is 1.41. The van der Waals surface area contributed by atoms with E-state index in [4.69, 9.17) is 11.1 Å². The lowest BCUT2D eigenvalue weighted by atomic mass is 13.0. The Balaban J connectivity index is -0.0000000200. The second-order valence-electron chi connectivity index (χ2n) is 0.112. The summed E-state index contributed by atoms with van der Waals surface area (Å²) in [7, 11) is 0. The topological polar surface area (TPSA) is 61.8 Å². The third-order valence-electron chi connectivity index (χ3n) is 0. The molecule has 0 aliphatic carbocycles. The van der Waals surface area contributed by atoms with E-state index in [1.807, 2.05) is 4.91 Å². The molecule has 0 radical (unpaired) electrons. The number of nitrogens with one attached hydrogen (secondary N) is 2. The Labute approximate surface area is 43.7 Å². The van der Waals surface area contributed by atoms with Crippen LogP contribution in [-0.4, -0.2) is 0 Å². The van der Waals surface area contributed by atoms with Crippen molar-refractivity contribution in [2.24, 2.45) is 0 Å². The van der Waals surface area contributed by atoms with Crippen molar-refractivity contribution in [3.05, 3.63) is 0 Å². The molecule has 0 saturated heterocycles. The van der Waals surface area contributed by atoms with Gasteiger partial charge in [-0.25, -0.2) is 0 Å². The van der Waals surface area contributed by atoms with Crippen LogP contribution in [0.15, 0.2) is 0 Å². The first-order valence-electron chi connectivity index (χ1n) is 0.447. The predicted octanol–water partition coefficient (Wildman–Crippen LogP) is 0.341. The van der Waals surface area contributed by atoms with Gasteiger partial charge in [-0.2, -0.15) is 27.0 Å². The average molecular weight is 112 g/mol. The maximum atomic E-state index is 5.50. The molecule has 0 aromatic carbocycles. The van der Waals surface area contributed by atoms with Gasteiger partial charge < -0.3 is 0 Å². The van der Waals surface area contributed by atoms with Crippen LogP contribution in [0, 0.1) is 11.1 Å². The number of rotatable bonds is 0. The molecular formula is H6N3S2+. The van der Waals surface area contributed by atoms with Crippen molar-refractivity contribution in [1.82, 2.24) is 4.91 Å². The molecule has 0 heterocycles. The molecule has 0 aliphatic rings. The molecule has 0 saturated carbocycles. The molecule has 5 heteroatoms. The highest BCUT2D eigenvalue weighted by Gasteiger charge is 1.16. The van der Waals surface area contributed by atoms with Crippen molar-refractivity contribution < 1.29 is 0 Å². The van der Waals surface area contributed by atoms with Crippen molar-refractivity contribution in [2.75, 3.05) is 0 Å². The molecule has 0 bridgehead atoms. The highest BCUT2D eigenvalue weighted by atomic mass is 32.1. The van der Waals surface area contributed by atoms with Gasteiger partial charge in [-0.3, -0.25) is 0 Å². The lowest BCUT2D eigenvalue weighted by molar-refractivity contribution is 0.928. The Bertz CT molecular complexity index is 25.9. The van der Waals surface area contributed by atoms with E-state index in [1.165, 1.54) is 0 Å². The Morgan fingerprint density at radius 2 is 1.00 bits per heavy atom. The molecule has 0 aliphatic heterocycles. The average Bonchev–Trinajstić information content (AvgIpc) is 0.918. The Kier molecular flexibility index (Phi) is 142. The zero-order chi connectivity index (χ0) is 2.71. The van der Waals surface area contributed by atoms with E-state index in [2.05, 4.69) is 0 Å². The van der Waals surface area contributed by atoms with E-state index in [9.17, 15) is 0 Å². The van der Waals surface area contributed by atoms with E-state index in [-0.39, 0.29) is 27.0 Å². The first-order valence-corrected chi connectivity index (χ1v) is 0.447. The molecule has 3 nitrogen and oxygen atoms in total. The van der Waals surface area contributed by atoms with Gasteiger partial charge in [0.25, 0.3) is 0 Å². The minimum absolute atomic E-state index is 0. The summed E-state index contributed by atoms with van der Waals surface area (Å²) in [5.74, 6) is 0. The van der Waals surface area contributed by atoms with Crippen LogP contribution in [0.5, 0.6) is 0 Å². The minimum atomic E-state index is 0. The van der Waals surface area contributed by atoms with Crippen LogP contribution in [0.4, 0.5) is 0 Å². The van der Waals surface area contributed by atoms with Crippen LogP contribution in [0.2, 0.25) is 0 Å². The summed E-state index contributed by atoms with van der Waals surface area (Å²) in [5.41, 5.74) is 11.0. The van der Waals surface area contributed by atoms with Crippen molar-refractivity contribution >= 4 is 27.0 Å². The molecule has 0 unspecified atom stereocenters. The number of nitrogens with zero attached hydrogens (tertiary/aromatic N) is 1. The van der Waals surface area contributed by atoms with Crippen LogP contribution < -0.4 is 4.91 Å². The van der Waals surface area contributed by atoms with E-state index >= 15 is 0 Å². The summed E-state index contributed by atoms with van der Waals surface area (Å²) in [6.07, 6.45) is 0. The lowest BCUT2D eigenvalue weighted by Gasteiger charge is -0.844. The van der Waals surface area contributed by atoms with E-state index in [1.54, 1.807) is 0 Å². The summed E-state index contributed by atoms with van der Waals surface area (Å²) in [6, 6.07) is 0. The Morgan fingerprint density at radius 1 is 1.00 bits per heavy atom. The van der Waals surface area contributed by atoms with Crippen molar-refractivity contribution in [3.8, 4) is 0 Å². The smallest absolute Gasteiger partial charge is 0.197 e. The SMILES string of the molecule is N=[N+]=N.S.S. The zero-order valence-electron chi connectivity index (χ0n) is 2.45. The monoisotopic (exact) mass is 112 g/mol. The van der Waals surface area contributed by atoms with Crippen LogP contribution in [0.1, 0.15) is 0 Å². The third kappa shape index (κ3) is 162000. The summed E-state index contributed by atoms with van der Waals surface area (Å²) < 4.78 is 0. The van der Waals surface area contributed by atoms with Crippen LogP contribution in [0.3, 0.4) is 0 Å². The molecule has 0 atom stereocenters. The van der Waals surface area contributed by atoms with Gasteiger partial charge in [-0.05, 0) is 0 Å². The normalized spacial score (nSPS) is 1.60. The molecule has 0 aromatic heterocycles. The van der Waals surface area contributed by atoms with Gasteiger partial charge in [-0.1, -0.05) is 0 Å². The molecule has 32 valence electrons. The van der Waals surface area contributed by atoms with E-state index in [0.29, 0.717) is 0 Å². The largest absolute Gasteiger partial charge is 0.211 e. The molecule has 0 aromatic rings. The molecule has 0 amide bonds. The third-order valence-corrected chi connectivity index (χ3v) is 0. The maximum absolute atomic E-state index is 5.50.